The Kier molecular flexibility index (Phi) is 5.59. The molecule has 0 fully saturated rings. The van der Waals surface area contributed by atoms with Crippen LogP contribution in [0, 0.1) is 12.8 Å². The zero-order chi connectivity index (χ0) is 15.9. The van der Waals surface area contributed by atoms with E-state index in [-0.39, 0.29) is 12.1 Å². The number of carbonyl (C=O) groups is 1. The number of nitrogens with one attached hydrogen (secondary N) is 2. The first kappa shape index (κ1) is 16.1. The van der Waals surface area contributed by atoms with Crippen LogP contribution in [0.4, 0.5) is 4.79 Å². The van der Waals surface area contributed by atoms with E-state index in [9.17, 15) is 4.79 Å². The van der Waals surface area contributed by atoms with Crippen LogP contribution in [-0.4, -0.2) is 6.03 Å². The van der Waals surface area contributed by atoms with Crippen molar-refractivity contribution in [1.82, 2.24) is 10.6 Å². The minimum Gasteiger partial charge on any atom is -0.334 e. The molecule has 0 bridgehead atoms. The summed E-state index contributed by atoms with van der Waals surface area (Å²) in [5, 5.41) is 6.02. The van der Waals surface area contributed by atoms with Gasteiger partial charge in [0.15, 0.2) is 0 Å². The van der Waals surface area contributed by atoms with Gasteiger partial charge in [0.05, 0.1) is 6.04 Å². The molecule has 0 saturated carbocycles. The van der Waals surface area contributed by atoms with Gasteiger partial charge in [-0.3, -0.25) is 0 Å². The van der Waals surface area contributed by atoms with Crippen molar-refractivity contribution in [2.75, 3.05) is 0 Å². The number of amides is 2. The average molecular weight is 296 g/mol. The Hall–Kier alpha value is -2.29. The van der Waals surface area contributed by atoms with E-state index in [1.807, 2.05) is 48.5 Å². The summed E-state index contributed by atoms with van der Waals surface area (Å²) in [6, 6.07) is 18.0. The summed E-state index contributed by atoms with van der Waals surface area (Å²) in [6.07, 6.45) is 0. The third kappa shape index (κ3) is 4.35. The van der Waals surface area contributed by atoms with Crippen molar-refractivity contribution in [1.29, 1.82) is 0 Å². The molecule has 0 heterocycles. The predicted molar refractivity (Wildman–Crippen MR) is 90.6 cm³/mol. The smallest absolute Gasteiger partial charge is 0.315 e. The van der Waals surface area contributed by atoms with Gasteiger partial charge in [0.1, 0.15) is 0 Å². The van der Waals surface area contributed by atoms with E-state index in [1.165, 1.54) is 5.56 Å². The second-order valence-electron chi connectivity index (χ2n) is 5.89. The van der Waals surface area contributed by atoms with E-state index in [0.717, 1.165) is 11.1 Å². The Morgan fingerprint density at radius 2 is 1.64 bits per heavy atom. The zero-order valence-electron chi connectivity index (χ0n) is 13.5. The largest absolute Gasteiger partial charge is 0.334 e. The fourth-order valence-electron chi connectivity index (χ4n) is 2.47. The molecule has 0 aliphatic rings. The summed E-state index contributed by atoms with van der Waals surface area (Å²) < 4.78 is 0. The molecule has 3 heteroatoms. The van der Waals surface area contributed by atoms with Gasteiger partial charge >= 0.3 is 6.03 Å². The monoisotopic (exact) mass is 296 g/mol. The molecule has 0 saturated heterocycles. The van der Waals surface area contributed by atoms with Gasteiger partial charge in [-0.2, -0.15) is 0 Å². The number of carbonyl (C=O) groups excluding carboxylic acids is 1. The molecule has 0 aromatic heterocycles. The van der Waals surface area contributed by atoms with Crippen molar-refractivity contribution in [2.24, 2.45) is 5.92 Å². The lowest BCUT2D eigenvalue weighted by molar-refractivity contribution is 0.232. The summed E-state index contributed by atoms with van der Waals surface area (Å²) in [7, 11) is 0. The molecule has 3 nitrogen and oxygen atoms in total. The molecule has 22 heavy (non-hydrogen) atoms. The van der Waals surface area contributed by atoms with Gasteiger partial charge < -0.3 is 10.6 Å². The molecule has 0 spiro atoms. The molecule has 116 valence electrons. The Labute approximate surface area is 132 Å². The first-order valence-corrected chi connectivity index (χ1v) is 7.71. The van der Waals surface area contributed by atoms with Crippen LogP contribution >= 0.6 is 0 Å². The molecule has 0 radical (unpaired) electrons. The highest BCUT2D eigenvalue weighted by Gasteiger charge is 2.17. The number of urea groups is 1. The zero-order valence-corrected chi connectivity index (χ0v) is 13.5. The van der Waals surface area contributed by atoms with Crippen molar-refractivity contribution in [3.8, 4) is 0 Å². The van der Waals surface area contributed by atoms with Gasteiger partial charge in [0, 0.05) is 6.54 Å². The minimum atomic E-state index is -0.134. The van der Waals surface area contributed by atoms with Crippen LogP contribution in [-0.2, 0) is 6.54 Å². The SMILES string of the molecule is Cc1ccccc1CNC(=O)NC(c1ccccc1)C(C)C. The molecule has 2 aromatic carbocycles. The van der Waals surface area contributed by atoms with E-state index >= 15 is 0 Å². The quantitative estimate of drug-likeness (QED) is 0.853. The van der Waals surface area contributed by atoms with E-state index in [2.05, 4.69) is 37.5 Å². The lowest BCUT2D eigenvalue weighted by Gasteiger charge is -2.23. The van der Waals surface area contributed by atoms with Crippen molar-refractivity contribution >= 4 is 6.03 Å². The van der Waals surface area contributed by atoms with Crippen LogP contribution in [0.5, 0.6) is 0 Å². The topological polar surface area (TPSA) is 41.1 Å². The number of rotatable bonds is 5. The van der Waals surface area contributed by atoms with E-state index < -0.39 is 0 Å². The second-order valence-corrected chi connectivity index (χ2v) is 5.89. The summed E-state index contributed by atoms with van der Waals surface area (Å²) in [5.41, 5.74) is 3.45. The van der Waals surface area contributed by atoms with Gasteiger partial charge in [-0.15, -0.1) is 0 Å². The van der Waals surface area contributed by atoms with Crippen LogP contribution in [0.15, 0.2) is 54.6 Å². The van der Waals surface area contributed by atoms with Crippen molar-refractivity contribution < 1.29 is 4.79 Å². The van der Waals surface area contributed by atoms with E-state index in [1.54, 1.807) is 0 Å². The van der Waals surface area contributed by atoms with Crippen molar-refractivity contribution in [3.05, 3.63) is 71.3 Å². The Balaban J connectivity index is 1.96. The van der Waals surface area contributed by atoms with Crippen molar-refractivity contribution in [3.63, 3.8) is 0 Å². The van der Waals surface area contributed by atoms with Gasteiger partial charge in [-0.25, -0.2) is 4.79 Å². The maximum atomic E-state index is 12.2. The Bertz CT molecular complexity index is 608. The van der Waals surface area contributed by atoms with E-state index in [0.29, 0.717) is 12.5 Å². The van der Waals surface area contributed by atoms with Crippen LogP contribution in [0.25, 0.3) is 0 Å². The average Bonchev–Trinajstić information content (AvgIpc) is 2.52. The number of hydrogen-bond donors (Lipinski definition) is 2. The summed E-state index contributed by atoms with van der Waals surface area (Å²) in [5.74, 6) is 0.326. The molecule has 2 aromatic rings. The second kappa shape index (κ2) is 7.64. The Morgan fingerprint density at radius 3 is 2.27 bits per heavy atom. The summed E-state index contributed by atoms with van der Waals surface area (Å²) in [4.78, 5) is 12.2. The molecular formula is C19H24N2O. The molecule has 2 rings (SSSR count). The summed E-state index contributed by atoms with van der Waals surface area (Å²) in [6.45, 7) is 6.81. The Morgan fingerprint density at radius 1 is 1.00 bits per heavy atom. The molecule has 1 unspecified atom stereocenters. The molecule has 0 aliphatic heterocycles. The highest BCUT2D eigenvalue weighted by Crippen LogP contribution is 2.21. The van der Waals surface area contributed by atoms with Crippen LogP contribution in [0.3, 0.4) is 0 Å². The highest BCUT2D eigenvalue weighted by atomic mass is 16.2. The lowest BCUT2D eigenvalue weighted by Crippen LogP contribution is -2.39. The third-order valence-electron chi connectivity index (χ3n) is 3.81. The van der Waals surface area contributed by atoms with Gasteiger partial charge in [-0.05, 0) is 29.5 Å². The standard InChI is InChI=1S/C19H24N2O/c1-14(2)18(16-10-5-4-6-11-16)21-19(22)20-13-17-12-8-7-9-15(17)3/h4-12,14,18H,13H2,1-3H3,(H2,20,21,22). The molecular weight excluding hydrogens is 272 g/mol. The molecule has 0 aliphatic carbocycles. The number of benzene rings is 2. The van der Waals surface area contributed by atoms with Gasteiger partial charge in [-0.1, -0.05) is 68.4 Å². The minimum absolute atomic E-state index is 0.0121. The maximum Gasteiger partial charge on any atom is 0.315 e. The first-order chi connectivity index (χ1) is 10.6. The fourth-order valence-corrected chi connectivity index (χ4v) is 2.47. The normalized spacial score (nSPS) is 12.0. The molecule has 1 atom stereocenters. The summed E-state index contributed by atoms with van der Waals surface area (Å²) >= 11 is 0. The lowest BCUT2D eigenvalue weighted by atomic mass is 9.96. The third-order valence-corrected chi connectivity index (χ3v) is 3.81. The van der Waals surface area contributed by atoms with E-state index in [4.69, 9.17) is 0 Å². The van der Waals surface area contributed by atoms with Gasteiger partial charge in [0.25, 0.3) is 0 Å². The number of hydrogen-bond acceptors (Lipinski definition) is 1. The predicted octanol–water partition coefficient (Wildman–Crippen LogP) is 4.19. The van der Waals surface area contributed by atoms with Crippen LogP contribution in [0.1, 0.15) is 36.6 Å². The van der Waals surface area contributed by atoms with Gasteiger partial charge in [0.2, 0.25) is 0 Å². The van der Waals surface area contributed by atoms with Crippen molar-refractivity contribution in [2.45, 2.75) is 33.4 Å². The van der Waals surface area contributed by atoms with Crippen LogP contribution < -0.4 is 10.6 Å². The maximum absolute atomic E-state index is 12.2. The fraction of sp³-hybridized carbons (Fsp3) is 0.316. The molecule has 2 amide bonds. The highest BCUT2D eigenvalue weighted by molar-refractivity contribution is 5.74. The number of aryl methyl sites for hydroxylation is 1. The first-order valence-electron chi connectivity index (χ1n) is 7.71. The van der Waals surface area contributed by atoms with Crippen LogP contribution in [0.2, 0.25) is 0 Å². The molecule has 2 N–H and O–H groups in total.